The molecule has 1 aromatic carbocycles. The number of nitrogens with zero attached hydrogens (tertiary/aromatic N) is 5. The lowest BCUT2D eigenvalue weighted by Crippen LogP contribution is -2.33. The molecule has 0 spiro atoms. The SMILES string of the molecule is C=C(NC1=CCN=C1)C1=CC(=C)N(C)C(c2nc3ccc(C(=C)NC)cc3n2C2CCC2)=N1. The Morgan fingerprint density at radius 1 is 1.18 bits per heavy atom. The largest absolute Gasteiger partial charge is 0.388 e. The number of nitrogens with one attached hydrogen (secondary N) is 2. The quantitative estimate of drug-likeness (QED) is 0.681. The molecule has 3 heterocycles. The first-order valence-corrected chi connectivity index (χ1v) is 11.2. The fourth-order valence-electron chi connectivity index (χ4n) is 4.24. The fraction of sp³-hybridized carbons (Fsp3) is 0.269. The van der Waals surface area contributed by atoms with Crippen LogP contribution in [0.5, 0.6) is 0 Å². The van der Waals surface area contributed by atoms with E-state index in [-0.39, 0.29) is 0 Å². The Morgan fingerprint density at radius 3 is 2.67 bits per heavy atom. The number of rotatable bonds is 7. The standard InChI is InChI=1S/C26H29N7/c1-16-13-23(18(3)29-20-11-12-28-15-20)31-25(32(16)5)26-30-22-10-9-19(17(2)27-4)14-24(22)33(26)21-7-6-8-21/h9-11,13-15,21,27,29H,1-3,6-8,12H2,4-5H3. The summed E-state index contributed by atoms with van der Waals surface area (Å²) >= 11 is 0. The minimum Gasteiger partial charge on any atom is -0.388 e. The number of allylic oxidation sites excluding steroid dienone is 2. The highest BCUT2D eigenvalue weighted by Gasteiger charge is 2.30. The molecule has 5 rings (SSSR count). The topological polar surface area (TPSA) is 69.8 Å². The molecule has 0 amide bonds. The van der Waals surface area contributed by atoms with E-state index in [1.807, 2.05) is 37.4 Å². The lowest BCUT2D eigenvalue weighted by molar-refractivity contribution is 0.318. The Labute approximate surface area is 194 Å². The smallest absolute Gasteiger partial charge is 0.177 e. The van der Waals surface area contributed by atoms with Gasteiger partial charge in [-0.05, 0) is 49.1 Å². The number of aliphatic imine (C=N–C) groups is 2. The average molecular weight is 440 g/mol. The van der Waals surface area contributed by atoms with Crippen molar-refractivity contribution in [3.63, 3.8) is 0 Å². The van der Waals surface area contributed by atoms with Crippen LogP contribution in [0.4, 0.5) is 0 Å². The van der Waals surface area contributed by atoms with Crippen molar-refractivity contribution in [3.05, 3.63) is 84.3 Å². The lowest BCUT2D eigenvalue weighted by Gasteiger charge is -2.32. The molecule has 168 valence electrons. The molecule has 7 heteroatoms. The van der Waals surface area contributed by atoms with E-state index >= 15 is 0 Å². The molecule has 1 fully saturated rings. The van der Waals surface area contributed by atoms with Crippen molar-refractivity contribution in [2.24, 2.45) is 9.98 Å². The molecule has 0 unspecified atom stereocenters. The molecule has 2 aromatic rings. The molecule has 2 N–H and O–H groups in total. The van der Waals surface area contributed by atoms with Gasteiger partial charge in [-0.3, -0.25) is 4.99 Å². The third kappa shape index (κ3) is 3.69. The number of hydrogen-bond acceptors (Lipinski definition) is 6. The van der Waals surface area contributed by atoms with Crippen molar-refractivity contribution < 1.29 is 0 Å². The monoisotopic (exact) mass is 439 g/mol. The molecule has 33 heavy (non-hydrogen) atoms. The van der Waals surface area contributed by atoms with E-state index in [9.17, 15) is 0 Å². The number of amidine groups is 1. The van der Waals surface area contributed by atoms with Crippen molar-refractivity contribution in [3.8, 4) is 0 Å². The number of hydrogen-bond donors (Lipinski definition) is 2. The van der Waals surface area contributed by atoms with E-state index in [0.717, 1.165) is 63.9 Å². The van der Waals surface area contributed by atoms with Gasteiger partial charge < -0.3 is 20.1 Å². The summed E-state index contributed by atoms with van der Waals surface area (Å²) < 4.78 is 2.35. The molecular formula is C26H29N7. The molecule has 3 aliphatic rings. The van der Waals surface area contributed by atoms with Crippen molar-refractivity contribution >= 4 is 28.8 Å². The summed E-state index contributed by atoms with van der Waals surface area (Å²) in [5.74, 6) is 1.62. The summed E-state index contributed by atoms with van der Waals surface area (Å²) in [4.78, 5) is 16.2. The highest BCUT2D eigenvalue weighted by molar-refractivity contribution is 6.01. The van der Waals surface area contributed by atoms with E-state index in [0.29, 0.717) is 18.3 Å². The Hall–Kier alpha value is -3.87. The molecule has 1 aliphatic carbocycles. The van der Waals surface area contributed by atoms with Gasteiger partial charge in [-0.25, -0.2) is 9.98 Å². The number of fused-ring (bicyclic) bond motifs is 1. The zero-order chi connectivity index (χ0) is 23.1. The molecule has 0 bridgehead atoms. The van der Waals surface area contributed by atoms with Gasteiger partial charge in [0, 0.05) is 37.7 Å². The zero-order valence-corrected chi connectivity index (χ0v) is 19.2. The number of likely N-dealkylation sites (N-methyl/N-ethyl adjacent to an activating group) is 1. The first kappa shape index (κ1) is 21.0. The maximum Gasteiger partial charge on any atom is 0.177 e. The summed E-state index contributed by atoms with van der Waals surface area (Å²) in [6.45, 7) is 13.3. The third-order valence-electron chi connectivity index (χ3n) is 6.51. The van der Waals surface area contributed by atoms with Crippen molar-refractivity contribution in [2.45, 2.75) is 25.3 Å². The summed E-state index contributed by atoms with van der Waals surface area (Å²) in [7, 11) is 3.87. The summed E-state index contributed by atoms with van der Waals surface area (Å²) in [5.41, 5.74) is 7.22. The Morgan fingerprint density at radius 2 is 2.00 bits per heavy atom. The Balaban J connectivity index is 1.60. The second-order valence-corrected chi connectivity index (χ2v) is 8.59. The van der Waals surface area contributed by atoms with Gasteiger partial charge in [0.05, 0.1) is 34.7 Å². The minimum atomic E-state index is 0.406. The van der Waals surface area contributed by atoms with Gasteiger partial charge in [0.1, 0.15) is 0 Å². The fourth-order valence-corrected chi connectivity index (χ4v) is 4.24. The number of aromatic nitrogens is 2. The van der Waals surface area contributed by atoms with Crippen LogP contribution in [0.2, 0.25) is 0 Å². The molecule has 2 aliphatic heterocycles. The van der Waals surface area contributed by atoms with E-state index in [1.165, 1.54) is 6.42 Å². The molecule has 0 radical (unpaired) electrons. The molecule has 0 saturated heterocycles. The highest BCUT2D eigenvalue weighted by atomic mass is 15.3. The predicted octanol–water partition coefficient (Wildman–Crippen LogP) is 4.11. The summed E-state index contributed by atoms with van der Waals surface area (Å²) in [5, 5.41) is 6.45. The van der Waals surface area contributed by atoms with Crippen LogP contribution in [0.25, 0.3) is 16.7 Å². The van der Waals surface area contributed by atoms with E-state index < -0.39 is 0 Å². The first-order chi connectivity index (χ1) is 16.0. The normalized spacial score (nSPS) is 18.1. The van der Waals surface area contributed by atoms with Crippen LogP contribution >= 0.6 is 0 Å². The number of imidazole rings is 1. The molecule has 1 aromatic heterocycles. The third-order valence-corrected chi connectivity index (χ3v) is 6.51. The number of benzene rings is 1. The molecule has 7 nitrogen and oxygen atoms in total. The second-order valence-electron chi connectivity index (χ2n) is 8.59. The van der Waals surface area contributed by atoms with Crippen molar-refractivity contribution in [2.75, 3.05) is 20.6 Å². The van der Waals surface area contributed by atoms with Gasteiger partial charge in [-0.1, -0.05) is 25.8 Å². The van der Waals surface area contributed by atoms with Gasteiger partial charge in [0.25, 0.3) is 0 Å². The van der Waals surface area contributed by atoms with Crippen molar-refractivity contribution in [1.82, 2.24) is 25.1 Å². The van der Waals surface area contributed by atoms with Crippen LogP contribution in [0, 0.1) is 0 Å². The predicted molar refractivity (Wildman–Crippen MR) is 136 cm³/mol. The zero-order valence-electron chi connectivity index (χ0n) is 19.2. The first-order valence-electron chi connectivity index (χ1n) is 11.2. The van der Waals surface area contributed by atoms with Gasteiger partial charge in [-0.2, -0.15) is 0 Å². The average Bonchev–Trinajstić information content (AvgIpc) is 3.41. The molecule has 1 saturated carbocycles. The van der Waals surface area contributed by atoms with Crippen LogP contribution in [-0.2, 0) is 0 Å². The molecule has 0 atom stereocenters. The van der Waals surface area contributed by atoms with Gasteiger partial charge in [0.2, 0.25) is 0 Å². The molecular weight excluding hydrogens is 410 g/mol. The van der Waals surface area contributed by atoms with Gasteiger partial charge >= 0.3 is 0 Å². The van der Waals surface area contributed by atoms with Crippen LogP contribution in [0.1, 0.15) is 36.7 Å². The van der Waals surface area contributed by atoms with E-state index in [2.05, 4.69) is 58.1 Å². The minimum absolute atomic E-state index is 0.406. The maximum atomic E-state index is 5.04. The highest BCUT2D eigenvalue weighted by Crippen LogP contribution is 2.37. The maximum absolute atomic E-state index is 5.04. The Bertz CT molecular complexity index is 1300. The van der Waals surface area contributed by atoms with Gasteiger partial charge in [0.15, 0.2) is 11.7 Å². The summed E-state index contributed by atoms with van der Waals surface area (Å²) in [6, 6.07) is 6.70. The van der Waals surface area contributed by atoms with Crippen LogP contribution < -0.4 is 10.6 Å². The summed E-state index contributed by atoms with van der Waals surface area (Å²) in [6.07, 6.45) is 9.27. The van der Waals surface area contributed by atoms with Crippen molar-refractivity contribution in [1.29, 1.82) is 0 Å². The Kier molecular flexibility index (Phi) is 5.24. The van der Waals surface area contributed by atoms with Crippen LogP contribution in [-0.4, -0.2) is 47.1 Å². The van der Waals surface area contributed by atoms with E-state index in [4.69, 9.17) is 9.98 Å². The van der Waals surface area contributed by atoms with Crippen LogP contribution in [0.15, 0.2) is 82.9 Å². The van der Waals surface area contributed by atoms with Gasteiger partial charge in [-0.15, -0.1) is 0 Å². The lowest BCUT2D eigenvalue weighted by atomic mass is 9.92. The van der Waals surface area contributed by atoms with Crippen LogP contribution in [0.3, 0.4) is 0 Å². The van der Waals surface area contributed by atoms with E-state index in [1.54, 1.807) is 0 Å². The second kappa shape index (κ2) is 8.24.